The number of fused-ring (bicyclic) bond motifs is 1. The molecule has 2 aromatic rings. The zero-order chi connectivity index (χ0) is 14.8. The van der Waals surface area contributed by atoms with Gasteiger partial charge in [-0.15, -0.1) is 0 Å². The molecule has 114 valence electrons. The minimum absolute atomic E-state index is 0.310. The molecule has 2 N–H and O–H groups in total. The maximum absolute atomic E-state index is 9.35. The van der Waals surface area contributed by atoms with Crippen LogP contribution in [0.3, 0.4) is 0 Å². The number of nitrogens with one attached hydrogen (secondary N) is 1. The average molecular weight is 286 g/mol. The van der Waals surface area contributed by atoms with Crippen LogP contribution in [0.15, 0.2) is 30.3 Å². The van der Waals surface area contributed by atoms with Gasteiger partial charge in [-0.25, -0.2) is 0 Å². The molecule has 1 fully saturated rings. The van der Waals surface area contributed by atoms with Crippen LogP contribution in [-0.4, -0.2) is 35.2 Å². The van der Waals surface area contributed by atoms with Crippen molar-refractivity contribution in [1.29, 1.82) is 0 Å². The lowest BCUT2D eigenvalue weighted by molar-refractivity contribution is 0.0647. The fourth-order valence-corrected chi connectivity index (χ4v) is 3.93. The summed E-state index contributed by atoms with van der Waals surface area (Å²) in [5, 5.41) is 10.6. The van der Waals surface area contributed by atoms with Gasteiger partial charge in [-0.1, -0.05) is 31.5 Å². The number of benzene rings is 1. The van der Waals surface area contributed by atoms with Gasteiger partial charge in [0.25, 0.3) is 0 Å². The van der Waals surface area contributed by atoms with Crippen molar-refractivity contribution in [1.82, 2.24) is 9.88 Å². The normalized spacial score (nSPS) is 27.3. The highest BCUT2D eigenvalue weighted by molar-refractivity contribution is 5.80. The molecule has 0 spiro atoms. The predicted molar refractivity (Wildman–Crippen MR) is 87.3 cm³/mol. The second-order valence-electron chi connectivity index (χ2n) is 6.44. The minimum Gasteiger partial charge on any atom is -0.396 e. The highest BCUT2D eigenvalue weighted by Crippen LogP contribution is 2.39. The van der Waals surface area contributed by atoms with Crippen molar-refractivity contribution in [2.24, 2.45) is 11.8 Å². The highest BCUT2D eigenvalue weighted by atomic mass is 16.3. The smallest absolute Gasteiger partial charge is 0.0498 e. The van der Waals surface area contributed by atoms with Crippen LogP contribution < -0.4 is 0 Å². The van der Waals surface area contributed by atoms with Gasteiger partial charge in [0.1, 0.15) is 0 Å². The summed E-state index contributed by atoms with van der Waals surface area (Å²) in [6.45, 7) is 3.71. The van der Waals surface area contributed by atoms with E-state index in [0.717, 1.165) is 19.4 Å². The Labute approximate surface area is 127 Å². The third-order valence-electron chi connectivity index (χ3n) is 5.18. The lowest BCUT2D eigenvalue weighted by Crippen LogP contribution is -2.40. The van der Waals surface area contributed by atoms with E-state index >= 15 is 0 Å². The summed E-state index contributed by atoms with van der Waals surface area (Å²) in [6.07, 6.45) is 3.28. The molecule has 3 nitrogen and oxygen atoms in total. The summed E-state index contributed by atoms with van der Waals surface area (Å²) in [4.78, 5) is 6.07. The van der Waals surface area contributed by atoms with E-state index in [0.29, 0.717) is 24.5 Å². The van der Waals surface area contributed by atoms with Crippen LogP contribution in [0.5, 0.6) is 0 Å². The van der Waals surface area contributed by atoms with Crippen molar-refractivity contribution < 1.29 is 5.11 Å². The molecule has 3 atom stereocenters. The molecule has 1 saturated heterocycles. The molecule has 0 unspecified atom stereocenters. The number of likely N-dealkylation sites (tertiary alicyclic amines) is 1. The number of aromatic amines is 1. The van der Waals surface area contributed by atoms with E-state index in [9.17, 15) is 5.11 Å². The molecule has 1 aliphatic rings. The van der Waals surface area contributed by atoms with Crippen LogP contribution in [0.25, 0.3) is 10.9 Å². The van der Waals surface area contributed by atoms with Crippen molar-refractivity contribution in [3.63, 3.8) is 0 Å². The number of para-hydroxylation sites is 1. The van der Waals surface area contributed by atoms with Crippen LogP contribution in [0.1, 0.15) is 37.9 Å². The average Bonchev–Trinajstić information content (AvgIpc) is 2.92. The Balaban J connectivity index is 1.86. The molecule has 0 amide bonds. The molecule has 2 heterocycles. The number of hydrogen-bond acceptors (Lipinski definition) is 2. The molecule has 1 aromatic carbocycles. The van der Waals surface area contributed by atoms with Crippen molar-refractivity contribution in [2.75, 3.05) is 20.2 Å². The van der Waals surface area contributed by atoms with Crippen LogP contribution in [0, 0.1) is 11.8 Å². The maximum Gasteiger partial charge on any atom is 0.0498 e. The monoisotopic (exact) mass is 286 g/mol. The first-order valence-corrected chi connectivity index (χ1v) is 8.11. The number of nitrogens with zero attached hydrogens (tertiary/aromatic N) is 1. The van der Waals surface area contributed by atoms with Gasteiger partial charge < -0.3 is 10.1 Å². The van der Waals surface area contributed by atoms with E-state index in [1.54, 1.807) is 0 Å². The Kier molecular flexibility index (Phi) is 4.32. The SMILES string of the molecule is CC[C@@H]1CN(C)[C@H](c2cc3ccccc3[nH]2)C[C@H]1CCO. The van der Waals surface area contributed by atoms with E-state index in [4.69, 9.17) is 0 Å². The van der Waals surface area contributed by atoms with E-state index in [1.807, 2.05) is 0 Å². The van der Waals surface area contributed by atoms with Gasteiger partial charge in [0.15, 0.2) is 0 Å². The van der Waals surface area contributed by atoms with Gasteiger partial charge >= 0.3 is 0 Å². The molecular weight excluding hydrogens is 260 g/mol. The van der Waals surface area contributed by atoms with Gasteiger partial charge in [-0.2, -0.15) is 0 Å². The fraction of sp³-hybridized carbons (Fsp3) is 0.556. The third kappa shape index (κ3) is 2.85. The molecule has 0 bridgehead atoms. The molecule has 3 rings (SSSR count). The number of H-pyrrole nitrogens is 1. The second-order valence-corrected chi connectivity index (χ2v) is 6.44. The van der Waals surface area contributed by atoms with Crippen molar-refractivity contribution >= 4 is 10.9 Å². The van der Waals surface area contributed by atoms with Crippen LogP contribution in [0.2, 0.25) is 0 Å². The summed E-state index contributed by atoms with van der Waals surface area (Å²) < 4.78 is 0. The van der Waals surface area contributed by atoms with Gasteiger partial charge in [0.05, 0.1) is 0 Å². The summed E-state index contributed by atoms with van der Waals surface area (Å²) in [6, 6.07) is 11.2. The highest BCUT2D eigenvalue weighted by Gasteiger charge is 2.33. The van der Waals surface area contributed by atoms with Crippen molar-refractivity contribution in [3.05, 3.63) is 36.0 Å². The van der Waals surface area contributed by atoms with Crippen LogP contribution in [0.4, 0.5) is 0 Å². The molecule has 1 aliphatic heterocycles. The van der Waals surface area contributed by atoms with E-state index in [1.165, 1.54) is 23.0 Å². The first-order valence-electron chi connectivity index (χ1n) is 8.11. The maximum atomic E-state index is 9.35. The molecule has 21 heavy (non-hydrogen) atoms. The number of piperidine rings is 1. The Morgan fingerprint density at radius 3 is 2.81 bits per heavy atom. The Morgan fingerprint density at radius 1 is 1.29 bits per heavy atom. The predicted octanol–water partition coefficient (Wildman–Crippen LogP) is 3.57. The van der Waals surface area contributed by atoms with Crippen molar-refractivity contribution in [3.8, 4) is 0 Å². The molecule has 0 radical (unpaired) electrons. The quantitative estimate of drug-likeness (QED) is 0.902. The van der Waals surface area contributed by atoms with E-state index < -0.39 is 0 Å². The molecule has 1 aromatic heterocycles. The van der Waals surface area contributed by atoms with Crippen LogP contribution >= 0.6 is 0 Å². The number of aliphatic hydroxyl groups excluding tert-OH is 1. The number of hydrogen-bond donors (Lipinski definition) is 2. The lowest BCUT2D eigenvalue weighted by Gasteiger charge is -2.42. The zero-order valence-corrected chi connectivity index (χ0v) is 13.0. The Bertz CT molecular complexity index is 559. The van der Waals surface area contributed by atoms with E-state index in [2.05, 4.69) is 54.2 Å². The van der Waals surface area contributed by atoms with Gasteiger partial charge in [-0.05, 0) is 49.2 Å². The summed E-state index contributed by atoms with van der Waals surface area (Å²) >= 11 is 0. The number of rotatable bonds is 4. The van der Waals surface area contributed by atoms with Crippen LogP contribution in [-0.2, 0) is 0 Å². The van der Waals surface area contributed by atoms with E-state index in [-0.39, 0.29) is 0 Å². The van der Waals surface area contributed by atoms with Gasteiger partial charge in [0, 0.05) is 30.4 Å². The molecular formula is C18H26N2O. The summed E-state index contributed by atoms with van der Waals surface area (Å²) in [5.41, 5.74) is 2.54. The first-order chi connectivity index (χ1) is 10.2. The summed E-state index contributed by atoms with van der Waals surface area (Å²) in [5.74, 6) is 1.34. The fourth-order valence-electron chi connectivity index (χ4n) is 3.93. The molecule has 0 saturated carbocycles. The van der Waals surface area contributed by atoms with Gasteiger partial charge in [0.2, 0.25) is 0 Å². The van der Waals surface area contributed by atoms with Gasteiger partial charge in [-0.3, -0.25) is 4.90 Å². The standard InChI is InChI=1S/C18H26N2O/c1-3-13-12-20(2)18(11-14(13)8-9-21)17-10-15-6-4-5-7-16(15)19-17/h4-7,10,13-14,18-19,21H,3,8-9,11-12H2,1-2H3/t13-,14-,18+/m1/s1. The third-order valence-corrected chi connectivity index (χ3v) is 5.18. The first kappa shape index (κ1) is 14.6. The number of aromatic nitrogens is 1. The molecule has 0 aliphatic carbocycles. The summed E-state index contributed by atoms with van der Waals surface area (Å²) in [7, 11) is 2.23. The Morgan fingerprint density at radius 2 is 2.10 bits per heavy atom. The lowest BCUT2D eigenvalue weighted by atomic mass is 9.78. The zero-order valence-electron chi connectivity index (χ0n) is 13.0. The number of aliphatic hydroxyl groups is 1. The largest absolute Gasteiger partial charge is 0.396 e. The molecule has 3 heteroatoms. The second kappa shape index (κ2) is 6.20. The topological polar surface area (TPSA) is 39.3 Å². The minimum atomic E-state index is 0.310. The van der Waals surface area contributed by atoms with Crippen molar-refractivity contribution in [2.45, 2.75) is 32.2 Å². The Hall–Kier alpha value is -1.32.